The van der Waals surface area contributed by atoms with Crippen LogP contribution in [0.3, 0.4) is 0 Å². The van der Waals surface area contributed by atoms with Crippen LogP contribution in [0.1, 0.15) is 49.9 Å². The number of carbonyl (C=O) groups excluding carboxylic acids is 2. The van der Waals surface area contributed by atoms with Crippen molar-refractivity contribution < 1.29 is 38.4 Å². The molecule has 1 saturated heterocycles. The minimum absolute atomic E-state index is 0.0183. The van der Waals surface area contributed by atoms with Crippen LogP contribution in [0.25, 0.3) is 0 Å². The number of fused-ring (bicyclic) bond motifs is 2. The highest BCUT2D eigenvalue weighted by atomic mass is 16.6. The molecule has 1 heterocycles. The lowest BCUT2D eigenvalue weighted by Gasteiger charge is -2.69. The van der Waals surface area contributed by atoms with Gasteiger partial charge in [-0.3, -0.25) is 9.69 Å². The highest BCUT2D eigenvalue weighted by Crippen LogP contribution is 2.80. The van der Waals surface area contributed by atoms with E-state index in [0.29, 0.717) is 25.0 Å². The van der Waals surface area contributed by atoms with E-state index in [-0.39, 0.29) is 65.2 Å². The Hall–Kier alpha value is -2.04. The fourth-order valence-electron chi connectivity index (χ4n) is 12.0. The summed E-state index contributed by atoms with van der Waals surface area (Å²) in [5.74, 6) is -1.34. The van der Waals surface area contributed by atoms with Gasteiger partial charge in [0.2, 0.25) is 0 Å². The summed E-state index contributed by atoms with van der Waals surface area (Å²) in [4.78, 5) is 29.2. The Labute approximate surface area is 248 Å². The predicted molar refractivity (Wildman–Crippen MR) is 151 cm³/mol. The minimum Gasteiger partial charge on any atom is -0.458 e. The Morgan fingerprint density at radius 2 is 1.83 bits per heavy atom. The summed E-state index contributed by atoms with van der Waals surface area (Å²) in [5, 5.41) is 12.3. The van der Waals surface area contributed by atoms with Crippen LogP contribution in [-0.4, -0.2) is 99.0 Å². The van der Waals surface area contributed by atoms with E-state index in [1.54, 1.807) is 33.5 Å². The Balaban J connectivity index is 1.45. The lowest BCUT2D eigenvalue weighted by Crippen LogP contribution is -2.76. The van der Waals surface area contributed by atoms with E-state index >= 15 is 0 Å². The average Bonchev–Trinajstić information content (AvgIpc) is 3.41. The van der Waals surface area contributed by atoms with Gasteiger partial charge in [-0.1, -0.05) is 25.1 Å². The van der Waals surface area contributed by atoms with Gasteiger partial charge in [0.1, 0.15) is 11.7 Å². The van der Waals surface area contributed by atoms with E-state index in [0.717, 1.165) is 25.9 Å². The number of piperidine rings is 1. The third-order valence-corrected chi connectivity index (χ3v) is 12.6. The maximum atomic E-state index is 13.6. The molecule has 13 atom stereocenters. The van der Waals surface area contributed by atoms with E-state index in [9.17, 15) is 14.7 Å². The summed E-state index contributed by atoms with van der Waals surface area (Å²) in [5.41, 5.74) is -1.21. The molecule has 1 spiro atoms. The quantitative estimate of drug-likeness (QED) is 0.463. The first-order valence-electron chi connectivity index (χ1n) is 15.7. The van der Waals surface area contributed by atoms with E-state index in [1.165, 1.54) is 6.92 Å². The summed E-state index contributed by atoms with van der Waals surface area (Å²) < 4.78 is 31.8. The lowest BCUT2D eigenvalue weighted by atomic mass is 9.43. The predicted octanol–water partition coefficient (Wildman–Crippen LogP) is 2.94. The van der Waals surface area contributed by atoms with Crippen LogP contribution in [-0.2, 0) is 28.5 Å². The molecule has 1 aromatic carbocycles. The minimum atomic E-state index is -0.976. The molecule has 1 N–H and O–H groups in total. The van der Waals surface area contributed by atoms with Gasteiger partial charge in [-0.25, -0.2) is 4.79 Å². The number of hydrogen-bond donors (Lipinski definition) is 1. The molecule has 5 saturated carbocycles. The van der Waals surface area contributed by atoms with Crippen molar-refractivity contribution >= 4 is 11.9 Å². The average molecular weight is 584 g/mol. The molecular formula is C33H45NO8. The molecule has 6 fully saturated rings. The number of esters is 2. The highest BCUT2D eigenvalue weighted by molar-refractivity contribution is 5.89. The molecular weight excluding hydrogens is 538 g/mol. The first-order chi connectivity index (χ1) is 20.2. The molecule has 6 aliphatic rings. The van der Waals surface area contributed by atoms with Gasteiger partial charge in [-0.15, -0.1) is 0 Å². The molecule has 0 amide bonds. The van der Waals surface area contributed by atoms with Gasteiger partial charge in [-0.05, 0) is 43.9 Å². The number of ether oxygens (including phenoxy) is 5. The SMILES string of the molecule is CCN1C[C@]2(COC)CC[C@@H](O)[C@@]34[C@@H]5C[C@H]6[C@H](OC(=O)c7ccccc7)[C@@H]5[C@](OC(C)=O)(C[C@@H]6OC)[C@@H]([C@H](OC)[C@H]23)[C@H]14. The molecule has 230 valence electrons. The molecule has 7 rings (SSSR count). The third-order valence-electron chi connectivity index (χ3n) is 12.6. The Morgan fingerprint density at radius 1 is 1.07 bits per heavy atom. The van der Waals surface area contributed by atoms with Gasteiger partial charge in [0.15, 0.2) is 0 Å². The van der Waals surface area contributed by atoms with Crippen molar-refractivity contribution in [1.29, 1.82) is 0 Å². The van der Waals surface area contributed by atoms with Crippen LogP contribution in [0.15, 0.2) is 30.3 Å². The number of likely N-dealkylation sites (tertiary alicyclic amines) is 1. The topological polar surface area (TPSA) is 104 Å². The monoisotopic (exact) mass is 583 g/mol. The number of benzene rings is 1. The van der Waals surface area contributed by atoms with Gasteiger partial charge in [0, 0.05) is 81.8 Å². The first-order valence-corrected chi connectivity index (χ1v) is 15.7. The van der Waals surface area contributed by atoms with E-state index < -0.39 is 23.2 Å². The second-order valence-electron chi connectivity index (χ2n) is 13.9. The maximum Gasteiger partial charge on any atom is 0.338 e. The zero-order valence-electron chi connectivity index (χ0n) is 25.4. The smallest absolute Gasteiger partial charge is 0.338 e. The second-order valence-corrected chi connectivity index (χ2v) is 13.9. The van der Waals surface area contributed by atoms with Crippen LogP contribution in [0.4, 0.5) is 0 Å². The van der Waals surface area contributed by atoms with Crippen LogP contribution < -0.4 is 0 Å². The molecule has 1 aromatic rings. The molecule has 1 aliphatic heterocycles. The van der Waals surface area contributed by atoms with Gasteiger partial charge in [0.25, 0.3) is 0 Å². The van der Waals surface area contributed by atoms with Crippen LogP contribution >= 0.6 is 0 Å². The fraction of sp³-hybridized carbons (Fsp3) is 0.758. The van der Waals surface area contributed by atoms with Crippen molar-refractivity contribution in [2.75, 3.05) is 41.0 Å². The van der Waals surface area contributed by atoms with Crippen LogP contribution in [0.2, 0.25) is 0 Å². The molecule has 5 aliphatic carbocycles. The number of hydrogen-bond acceptors (Lipinski definition) is 9. The molecule has 7 bridgehead atoms. The summed E-state index contributed by atoms with van der Waals surface area (Å²) in [6.45, 7) is 5.90. The van der Waals surface area contributed by atoms with E-state index in [2.05, 4.69) is 11.8 Å². The molecule has 9 heteroatoms. The van der Waals surface area contributed by atoms with Gasteiger partial charge in [-0.2, -0.15) is 0 Å². The summed E-state index contributed by atoms with van der Waals surface area (Å²) in [7, 11) is 5.23. The van der Waals surface area contributed by atoms with Crippen molar-refractivity contribution in [3.63, 3.8) is 0 Å². The largest absolute Gasteiger partial charge is 0.458 e. The van der Waals surface area contributed by atoms with E-state index in [1.807, 2.05) is 18.2 Å². The summed E-state index contributed by atoms with van der Waals surface area (Å²) in [6, 6.07) is 9.02. The Bertz CT molecular complexity index is 1230. The van der Waals surface area contributed by atoms with Gasteiger partial charge < -0.3 is 28.8 Å². The van der Waals surface area contributed by atoms with Crippen LogP contribution in [0.5, 0.6) is 0 Å². The molecule has 0 radical (unpaired) electrons. The second kappa shape index (κ2) is 9.99. The summed E-state index contributed by atoms with van der Waals surface area (Å²) >= 11 is 0. The zero-order valence-corrected chi connectivity index (χ0v) is 25.4. The van der Waals surface area contributed by atoms with Crippen molar-refractivity contribution in [3.05, 3.63) is 35.9 Å². The van der Waals surface area contributed by atoms with Gasteiger partial charge >= 0.3 is 11.9 Å². The number of nitrogens with zero attached hydrogens (tertiary/aromatic N) is 1. The molecule has 0 unspecified atom stereocenters. The number of carbonyl (C=O) groups is 2. The number of aliphatic hydroxyl groups is 1. The zero-order chi connectivity index (χ0) is 29.6. The first kappa shape index (κ1) is 28.7. The van der Waals surface area contributed by atoms with E-state index in [4.69, 9.17) is 23.7 Å². The fourth-order valence-corrected chi connectivity index (χ4v) is 12.0. The van der Waals surface area contributed by atoms with Crippen molar-refractivity contribution in [2.45, 2.75) is 75.6 Å². The maximum absolute atomic E-state index is 13.6. The summed E-state index contributed by atoms with van der Waals surface area (Å²) in [6.07, 6.45) is 1.17. The third kappa shape index (κ3) is 3.43. The molecule has 9 nitrogen and oxygen atoms in total. The van der Waals surface area contributed by atoms with Crippen molar-refractivity contribution in [3.8, 4) is 0 Å². The standard InChI is InChI=1S/C33H45NO8/c1-6-34-16-31(17-38-3)13-12-23(36)33-21-14-20-22(39-4)15-32(42-18(2)35,25(29(33)34)27(40-5)28(31)33)24(21)26(20)41-30(37)19-10-8-7-9-11-19/h7-11,20-29,36H,6,12-17H2,1-5H3/t20-,21-,22+,23-,24-,25+,26+,27+,28-,29+,31+,32-,33+/m1/s1. The Kier molecular flexibility index (Phi) is 6.83. The molecule has 42 heavy (non-hydrogen) atoms. The van der Waals surface area contributed by atoms with Crippen molar-refractivity contribution in [1.82, 2.24) is 4.90 Å². The number of methoxy groups -OCH3 is 3. The lowest BCUT2D eigenvalue weighted by molar-refractivity contribution is -0.276. The highest BCUT2D eigenvalue weighted by Gasteiger charge is 2.87. The number of rotatable bonds is 8. The molecule has 0 aromatic heterocycles. The van der Waals surface area contributed by atoms with Crippen molar-refractivity contribution in [2.24, 2.45) is 40.4 Å². The van der Waals surface area contributed by atoms with Gasteiger partial charge in [0.05, 0.1) is 30.5 Å². The normalized spacial score (nSPS) is 48.1. The van der Waals surface area contributed by atoms with Crippen LogP contribution in [0, 0.1) is 40.4 Å². The Morgan fingerprint density at radius 3 is 2.48 bits per heavy atom. The number of aliphatic hydroxyl groups excluding tert-OH is 1.